The van der Waals surface area contributed by atoms with E-state index in [-0.39, 0.29) is 10.8 Å². The molecule has 0 aliphatic carbocycles. The fourth-order valence-electron chi connectivity index (χ4n) is 2.02. The molecule has 146 valence electrons. The number of thioether (sulfide) groups is 1. The number of halogens is 3. The molecule has 0 aliphatic heterocycles. The predicted octanol–water partition coefficient (Wildman–Crippen LogP) is 4.15. The van der Waals surface area contributed by atoms with Crippen LogP contribution in [0.5, 0.6) is 0 Å². The molecule has 0 saturated heterocycles. The molecule has 1 aromatic heterocycles. The van der Waals surface area contributed by atoms with Crippen LogP contribution in [-0.4, -0.2) is 45.9 Å². The van der Waals surface area contributed by atoms with Crippen LogP contribution in [0, 0.1) is 0 Å². The molecule has 4 nitrogen and oxygen atoms in total. The van der Waals surface area contributed by atoms with Crippen LogP contribution in [0.1, 0.15) is 46.2 Å². The van der Waals surface area contributed by atoms with Crippen molar-refractivity contribution >= 4 is 11.8 Å². The lowest BCUT2D eigenvalue weighted by molar-refractivity contribution is -0.141. The first-order valence-electron chi connectivity index (χ1n) is 8.44. The van der Waals surface area contributed by atoms with Gasteiger partial charge in [0, 0.05) is 12.4 Å². The largest absolute Gasteiger partial charge is 0.433 e. The SMILES string of the molecule is CC.CCCC(OCC)C(O)C(O)CSc1cccc(C(F)(F)F)n1. The van der Waals surface area contributed by atoms with Gasteiger partial charge in [-0.3, -0.25) is 0 Å². The minimum absolute atomic E-state index is 0.0305. The first-order chi connectivity index (χ1) is 11.8. The van der Waals surface area contributed by atoms with Crippen LogP contribution in [0.3, 0.4) is 0 Å². The standard InChI is InChI=1S/C15H22F3NO3S.C2H6/c1-3-6-11(22-4-2)14(21)10(20)9-23-13-8-5-7-12(19-13)15(16,17)18;1-2/h5,7-8,10-11,14,20-21H,3-4,6,9H2,1-2H3;1-2H3. The van der Waals surface area contributed by atoms with Crippen LogP contribution in [-0.2, 0) is 10.9 Å². The molecule has 3 atom stereocenters. The molecule has 0 aliphatic rings. The molecule has 0 fully saturated rings. The Morgan fingerprint density at radius 3 is 2.36 bits per heavy atom. The molecule has 0 spiro atoms. The van der Waals surface area contributed by atoms with Crippen molar-refractivity contribution in [1.29, 1.82) is 0 Å². The quantitative estimate of drug-likeness (QED) is 0.628. The van der Waals surface area contributed by atoms with E-state index in [1.54, 1.807) is 6.92 Å². The van der Waals surface area contributed by atoms with Crippen LogP contribution in [0.15, 0.2) is 23.2 Å². The number of hydrogen-bond donors (Lipinski definition) is 2. The van der Waals surface area contributed by atoms with E-state index in [0.29, 0.717) is 13.0 Å². The second-order valence-corrected chi connectivity index (χ2v) is 6.05. The highest BCUT2D eigenvalue weighted by Crippen LogP contribution is 2.29. The third-order valence-electron chi connectivity index (χ3n) is 3.15. The highest BCUT2D eigenvalue weighted by Gasteiger charge is 2.32. The molecule has 0 saturated carbocycles. The summed E-state index contributed by atoms with van der Waals surface area (Å²) in [6.45, 7) is 8.15. The van der Waals surface area contributed by atoms with Gasteiger partial charge in [-0.2, -0.15) is 13.2 Å². The number of hydrogen-bond acceptors (Lipinski definition) is 5. The summed E-state index contributed by atoms with van der Waals surface area (Å²) in [5, 5.41) is 20.3. The van der Waals surface area contributed by atoms with E-state index >= 15 is 0 Å². The number of aliphatic hydroxyl groups is 2. The second kappa shape index (κ2) is 12.5. The summed E-state index contributed by atoms with van der Waals surface area (Å²) in [6, 6.07) is 3.59. The van der Waals surface area contributed by atoms with Crippen molar-refractivity contribution in [3.63, 3.8) is 0 Å². The Balaban J connectivity index is 0.00000277. The van der Waals surface area contributed by atoms with E-state index < -0.39 is 30.2 Å². The number of nitrogens with zero attached hydrogens (tertiary/aromatic N) is 1. The first-order valence-corrected chi connectivity index (χ1v) is 9.42. The van der Waals surface area contributed by atoms with Gasteiger partial charge in [0.1, 0.15) is 11.8 Å². The van der Waals surface area contributed by atoms with Crippen LogP contribution in [0.4, 0.5) is 13.2 Å². The number of aliphatic hydroxyl groups excluding tert-OH is 2. The second-order valence-electron chi connectivity index (χ2n) is 5.01. The Hall–Kier alpha value is -0.830. The van der Waals surface area contributed by atoms with Gasteiger partial charge in [-0.15, -0.1) is 11.8 Å². The zero-order valence-electron chi connectivity index (χ0n) is 15.1. The molecule has 3 unspecified atom stereocenters. The Kier molecular flexibility index (Phi) is 12.1. The molecule has 1 aromatic rings. The van der Waals surface area contributed by atoms with E-state index in [2.05, 4.69) is 4.98 Å². The van der Waals surface area contributed by atoms with Gasteiger partial charge in [-0.25, -0.2) is 4.98 Å². The van der Waals surface area contributed by atoms with E-state index in [1.165, 1.54) is 12.1 Å². The Morgan fingerprint density at radius 1 is 1.20 bits per heavy atom. The smallest absolute Gasteiger partial charge is 0.389 e. The number of rotatable bonds is 9. The van der Waals surface area contributed by atoms with Gasteiger partial charge in [0.15, 0.2) is 0 Å². The van der Waals surface area contributed by atoms with Crippen molar-refractivity contribution < 1.29 is 28.1 Å². The average molecular weight is 383 g/mol. The van der Waals surface area contributed by atoms with Crippen molar-refractivity contribution in [3.05, 3.63) is 23.9 Å². The van der Waals surface area contributed by atoms with Gasteiger partial charge in [0.25, 0.3) is 0 Å². The summed E-state index contributed by atoms with van der Waals surface area (Å²) in [4.78, 5) is 3.51. The van der Waals surface area contributed by atoms with Gasteiger partial charge in [0.2, 0.25) is 0 Å². The van der Waals surface area contributed by atoms with Crippen LogP contribution >= 0.6 is 11.8 Å². The van der Waals surface area contributed by atoms with Crippen molar-refractivity contribution in [2.75, 3.05) is 12.4 Å². The number of alkyl halides is 3. The molecular weight excluding hydrogens is 355 g/mol. The highest BCUT2D eigenvalue weighted by molar-refractivity contribution is 7.99. The molecule has 8 heteroatoms. The zero-order chi connectivity index (χ0) is 19.5. The minimum atomic E-state index is -4.50. The van der Waals surface area contributed by atoms with Crippen LogP contribution < -0.4 is 0 Å². The van der Waals surface area contributed by atoms with E-state index in [4.69, 9.17) is 4.74 Å². The van der Waals surface area contributed by atoms with Crippen molar-refractivity contribution in [2.24, 2.45) is 0 Å². The van der Waals surface area contributed by atoms with E-state index in [9.17, 15) is 23.4 Å². The van der Waals surface area contributed by atoms with E-state index in [0.717, 1.165) is 24.2 Å². The van der Waals surface area contributed by atoms with Gasteiger partial charge in [0.05, 0.1) is 17.2 Å². The summed E-state index contributed by atoms with van der Waals surface area (Å²) < 4.78 is 43.2. The Morgan fingerprint density at radius 2 is 1.84 bits per heavy atom. The Labute approximate surface area is 151 Å². The summed E-state index contributed by atoms with van der Waals surface area (Å²) in [5.74, 6) is 0.0305. The van der Waals surface area contributed by atoms with E-state index in [1.807, 2.05) is 20.8 Å². The summed E-state index contributed by atoms with van der Waals surface area (Å²) >= 11 is 0.964. The number of aromatic nitrogens is 1. The van der Waals surface area contributed by atoms with Crippen molar-refractivity contribution in [1.82, 2.24) is 4.98 Å². The average Bonchev–Trinajstić information content (AvgIpc) is 2.60. The molecule has 1 heterocycles. The monoisotopic (exact) mass is 383 g/mol. The third kappa shape index (κ3) is 8.89. The molecule has 2 N–H and O–H groups in total. The maximum atomic E-state index is 12.6. The maximum Gasteiger partial charge on any atom is 0.433 e. The lowest BCUT2D eigenvalue weighted by atomic mass is 10.0. The van der Waals surface area contributed by atoms with Crippen LogP contribution in [0.25, 0.3) is 0 Å². The fraction of sp³-hybridized carbons (Fsp3) is 0.706. The number of ether oxygens (including phenoxy) is 1. The zero-order valence-corrected chi connectivity index (χ0v) is 15.9. The molecule has 0 radical (unpaired) electrons. The molecule has 0 amide bonds. The molecule has 0 bridgehead atoms. The van der Waals surface area contributed by atoms with Gasteiger partial charge in [-0.1, -0.05) is 33.3 Å². The number of pyridine rings is 1. The fourth-order valence-corrected chi connectivity index (χ4v) is 2.90. The minimum Gasteiger partial charge on any atom is -0.389 e. The van der Waals surface area contributed by atoms with Gasteiger partial charge in [-0.05, 0) is 25.5 Å². The summed E-state index contributed by atoms with van der Waals surface area (Å²) in [5.41, 5.74) is -0.976. The lowest BCUT2D eigenvalue weighted by Crippen LogP contribution is -2.40. The maximum absolute atomic E-state index is 12.6. The Bertz CT molecular complexity index is 469. The van der Waals surface area contributed by atoms with Crippen molar-refractivity contribution in [2.45, 2.75) is 70.1 Å². The molecule has 1 rings (SSSR count). The highest BCUT2D eigenvalue weighted by atomic mass is 32.2. The lowest BCUT2D eigenvalue weighted by Gasteiger charge is -2.26. The molecule has 25 heavy (non-hydrogen) atoms. The first kappa shape index (κ1) is 24.2. The van der Waals surface area contributed by atoms with Crippen molar-refractivity contribution in [3.8, 4) is 0 Å². The van der Waals surface area contributed by atoms with Gasteiger partial charge < -0.3 is 14.9 Å². The third-order valence-corrected chi connectivity index (χ3v) is 4.18. The topological polar surface area (TPSA) is 62.6 Å². The predicted molar refractivity (Wildman–Crippen MR) is 93.6 cm³/mol. The molecular formula is C17H28F3NO3S. The van der Waals surface area contributed by atoms with Crippen LogP contribution in [0.2, 0.25) is 0 Å². The summed E-state index contributed by atoms with van der Waals surface area (Å²) in [6.07, 6.45) is -5.81. The van der Waals surface area contributed by atoms with Gasteiger partial charge >= 0.3 is 6.18 Å². The normalized spacial score (nSPS) is 15.1. The summed E-state index contributed by atoms with van der Waals surface area (Å²) in [7, 11) is 0. The molecule has 0 aromatic carbocycles.